The average Bonchev–Trinajstić information content (AvgIpc) is 2.98. The fraction of sp³-hybridized carbons (Fsp3) is 0.286. The Labute approximate surface area is 117 Å². The van der Waals surface area contributed by atoms with Gasteiger partial charge in [0, 0.05) is 17.8 Å². The monoisotopic (exact) mass is 274 g/mol. The van der Waals surface area contributed by atoms with Crippen LogP contribution in [0.2, 0.25) is 0 Å². The first-order valence-electron chi connectivity index (χ1n) is 6.40. The van der Waals surface area contributed by atoms with Crippen molar-refractivity contribution in [1.82, 2.24) is 15.8 Å². The Bertz CT molecular complexity index is 537. The molecule has 0 saturated carbocycles. The highest BCUT2D eigenvalue weighted by atomic mass is 16.5. The fourth-order valence-electron chi connectivity index (χ4n) is 1.70. The summed E-state index contributed by atoms with van der Waals surface area (Å²) in [6.07, 6.45) is 1.47. The summed E-state index contributed by atoms with van der Waals surface area (Å²) in [4.78, 5) is 11.7. The Morgan fingerprint density at radius 1 is 1.30 bits per heavy atom. The molecule has 0 spiro atoms. The van der Waals surface area contributed by atoms with Crippen molar-refractivity contribution in [1.29, 1.82) is 0 Å². The average molecular weight is 274 g/mol. The van der Waals surface area contributed by atoms with E-state index < -0.39 is 0 Å². The van der Waals surface area contributed by atoms with Crippen molar-refractivity contribution >= 4 is 11.7 Å². The highest BCUT2D eigenvalue weighted by molar-refractivity contribution is 5.89. The highest BCUT2D eigenvalue weighted by Crippen LogP contribution is 2.15. The van der Waals surface area contributed by atoms with Gasteiger partial charge in [-0.1, -0.05) is 17.3 Å². The Morgan fingerprint density at radius 2 is 2.05 bits per heavy atom. The molecule has 2 aromatic rings. The molecule has 1 heterocycles. The Morgan fingerprint density at radius 3 is 2.65 bits per heavy atom. The molecule has 3 N–H and O–H groups in total. The molecule has 2 amide bonds. The van der Waals surface area contributed by atoms with Crippen LogP contribution in [0.3, 0.4) is 0 Å². The van der Waals surface area contributed by atoms with Gasteiger partial charge in [0.25, 0.3) is 0 Å². The molecule has 0 saturated heterocycles. The van der Waals surface area contributed by atoms with E-state index in [1.54, 1.807) is 6.07 Å². The van der Waals surface area contributed by atoms with Gasteiger partial charge in [0.05, 0.1) is 6.54 Å². The zero-order chi connectivity index (χ0) is 14.4. The van der Waals surface area contributed by atoms with Crippen LogP contribution in [0.5, 0.6) is 0 Å². The number of aromatic nitrogens is 1. The van der Waals surface area contributed by atoms with E-state index >= 15 is 0 Å². The fourth-order valence-corrected chi connectivity index (χ4v) is 1.70. The number of anilines is 1. The molecule has 0 fully saturated rings. The summed E-state index contributed by atoms with van der Waals surface area (Å²) in [6.45, 7) is 2.41. The third kappa shape index (κ3) is 3.83. The lowest BCUT2D eigenvalue weighted by Gasteiger charge is -2.11. The van der Waals surface area contributed by atoms with Gasteiger partial charge in [0.1, 0.15) is 12.0 Å². The summed E-state index contributed by atoms with van der Waals surface area (Å²) >= 11 is 0. The van der Waals surface area contributed by atoms with Crippen LogP contribution in [0.15, 0.2) is 41.1 Å². The number of rotatable bonds is 5. The molecular formula is C14H18N4O2. The van der Waals surface area contributed by atoms with Gasteiger partial charge in [0.15, 0.2) is 0 Å². The van der Waals surface area contributed by atoms with Crippen molar-refractivity contribution in [2.75, 3.05) is 12.4 Å². The van der Waals surface area contributed by atoms with Crippen LogP contribution in [0.4, 0.5) is 10.5 Å². The number of amides is 2. The smallest absolute Gasteiger partial charge is 0.319 e. The van der Waals surface area contributed by atoms with Crippen molar-refractivity contribution in [2.24, 2.45) is 0 Å². The molecule has 1 atom stereocenters. The van der Waals surface area contributed by atoms with Crippen LogP contribution in [-0.4, -0.2) is 18.2 Å². The van der Waals surface area contributed by atoms with Crippen LogP contribution in [0.1, 0.15) is 24.2 Å². The number of hydrogen-bond donors (Lipinski definition) is 3. The third-order valence-electron chi connectivity index (χ3n) is 3.02. The predicted molar refractivity (Wildman–Crippen MR) is 76.3 cm³/mol. The standard InChI is InChI=1S/C14H18N4O2/c1-10(15-2)11-3-5-12(6-4-11)17-14(19)16-9-13-7-8-20-18-13/h3-8,10,15H,9H2,1-2H3,(H2,16,17,19). The van der Waals surface area contributed by atoms with Crippen molar-refractivity contribution in [2.45, 2.75) is 19.5 Å². The van der Waals surface area contributed by atoms with Gasteiger partial charge in [0.2, 0.25) is 0 Å². The maximum atomic E-state index is 11.7. The van der Waals surface area contributed by atoms with Gasteiger partial charge < -0.3 is 20.5 Å². The van der Waals surface area contributed by atoms with Crippen LogP contribution in [0, 0.1) is 0 Å². The van der Waals surface area contributed by atoms with E-state index in [2.05, 4.69) is 32.6 Å². The van der Waals surface area contributed by atoms with Gasteiger partial charge >= 0.3 is 6.03 Å². The number of carbonyl (C=O) groups excluding carboxylic acids is 1. The first-order valence-corrected chi connectivity index (χ1v) is 6.40. The molecule has 1 aromatic heterocycles. The topological polar surface area (TPSA) is 79.2 Å². The van der Waals surface area contributed by atoms with Crippen LogP contribution < -0.4 is 16.0 Å². The van der Waals surface area contributed by atoms with Crippen LogP contribution in [0.25, 0.3) is 0 Å². The molecule has 0 aliphatic heterocycles. The van der Waals surface area contributed by atoms with E-state index in [0.717, 1.165) is 5.69 Å². The summed E-state index contributed by atoms with van der Waals surface area (Å²) in [5, 5.41) is 12.3. The van der Waals surface area contributed by atoms with Gasteiger partial charge in [-0.3, -0.25) is 0 Å². The second-order valence-electron chi connectivity index (χ2n) is 4.43. The molecule has 6 heteroatoms. The number of urea groups is 1. The molecule has 2 rings (SSSR count). The normalized spacial score (nSPS) is 11.9. The Hall–Kier alpha value is -2.34. The van der Waals surface area contributed by atoms with Gasteiger partial charge in [-0.25, -0.2) is 4.79 Å². The molecule has 20 heavy (non-hydrogen) atoms. The summed E-state index contributed by atoms with van der Waals surface area (Å²) in [5.41, 5.74) is 2.59. The molecular weight excluding hydrogens is 256 g/mol. The minimum Gasteiger partial charge on any atom is -0.364 e. The number of nitrogens with zero attached hydrogens (tertiary/aromatic N) is 1. The number of carbonyl (C=O) groups is 1. The molecule has 1 aromatic carbocycles. The van der Waals surface area contributed by atoms with E-state index in [0.29, 0.717) is 12.2 Å². The van der Waals surface area contributed by atoms with E-state index in [4.69, 9.17) is 0 Å². The largest absolute Gasteiger partial charge is 0.364 e. The third-order valence-corrected chi connectivity index (χ3v) is 3.02. The minimum absolute atomic E-state index is 0.276. The van der Waals surface area contributed by atoms with Crippen molar-refractivity contribution < 1.29 is 9.32 Å². The van der Waals surface area contributed by atoms with Crippen molar-refractivity contribution in [3.63, 3.8) is 0 Å². The molecule has 0 aliphatic carbocycles. The lowest BCUT2D eigenvalue weighted by atomic mass is 10.1. The van der Waals surface area contributed by atoms with E-state index in [-0.39, 0.29) is 12.1 Å². The molecule has 106 valence electrons. The number of hydrogen-bond acceptors (Lipinski definition) is 4. The summed E-state index contributed by atoms with van der Waals surface area (Å²) in [6, 6.07) is 9.42. The van der Waals surface area contributed by atoms with Crippen molar-refractivity contribution in [3.05, 3.63) is 47.9 Å². The maximum Gasteiger partial charge on any atom is 0.319 e. The summed E-state index contributed by atoms with van der Waals surface area (Å²) in [7, 11) is 1.91. The van der Waals surface area contributed by atoms with Crippen LogP contribution in [-0.2, 0) is 6.54 Å². The molecule has 0 radical (unpaired) electrons. The highest BCUT2D eigenvalue weighted by Gasteiger charge is 2.05. The quantitative estimate of drug-likeness (QED) is 0.781. The Kier molecular flexibility index (Phi) is 4.73. The van der Waals surface area contributed by atoms with Gasteiger partial charge in [-0.05, 0) is 31.7 Å². The van der Waals surface area contributed by atoms with E-state index in [1.807, 2.05) is 31.3 Å². The first-order chi connectivity index (χ1) is 9.69. The first kappa shape index (κ1) is 14.1. The minimum atomic E-state index is -0.276. The van der Waals surface area contributed by atoms with Gasteiger partial charge in [-0.2, -0.15) is 0 Å². The number of nitrogens with one attached hydrogen (secondary N) is 3. The summed E-state index contributed by atoms with van der Waals surface area (Å²) in [5.74, 6) is 0. The van der Waals surface area contributed by atoms with Crippen molar-refractivity contribution in [3.8, 4) is 0 Å². The zero-order valence-electron chi connectivity index (χ0n) is 11.5. The van der Waals surface area contributed by atoms with Crippen LogP contribution >= 0.6 is 0 Å². The lowest BCUT2D eigenvalue weighted by molar-refractivity contribution is 0.251. The summed E-state index contributed by atoms with van der Waals surface area (Å²) < 4.78 is 4.68. The molecule has 6 nitrogen and oxygen atoms in total. The molecule has 0 aliphatic rings. The lowest BCUT2D eigenvalue weighted by Crippen LogP contribution is -2.28. The SMILES string of the molecule is CNC(C)c1ccc(NC(=O)NCc2ccon2)cc1. The maximum absolute atomic E-state index is 11.7. The molecule has 1 unspecified atom stereocenters. The number of benzene rings is 1. The van der Waals surface area contributed by atoms with E-state index in [9.17, 15) is 4.79 Å². The second-order valence-corrected chi connectivity index (χ2v) is 4.43. The Balaban J connectivity index is 1.84. The zero-order valence-corrected chi connectivity index (χ0v) is 11.5. The second kappa shape index (κ2) is 6.72. The van der Waals surface area contributed by atoms with Gasteiger partial charge in [-0.15, -0.1) is 0 Å². The molecule has 0 bridgehead atoms. The van der Waals surface area contributed by atoms with E-state index in [1.165, 1.54) is 11.8 Å². The predicted octanol–water partition coefficient (Wildman–Crippen LogP) is 2.28.